The number of benzene rings is 2. The second-order valence-corrected chi connectivity index (χ2v) is 19.3. The van der Waals surface area contributed by atoms with Gasteiger partial charge in [0, 0.05) is 98.5 Å². The molecule has 9 atom stereocenters. The van der Waals surface area contributed by atoms with Crippen molar-refractivity contribution in [3.63, 3.8) is 0 Å². The van der Waals surface area contributed by atoms with Gasteiger partial charge in [-0.15, -0.1) is 0 Å². The summed E-state index contributed by atoms with van der Waals surface area (Å²) in [6.45, 7) is 19.1. The van der Waals surface area contributed by atoms with Crippen molar-refractivity contribution in [2.45, 2.75) is 117 Å². The minimum absolute atomic E-state index is 0.0479. The van der Waals surface area contributed by atoms with E-state index in [4.69, 9.17) is 28.9 Å². The summed E-state index contributed by atoms with van der Waals surface area (Å²) in [6.07, 6.45) is 8.02. The molecule has 6 heterocycles. The topological polar surface area (TPSA) is 217 Å². The number of pyridine rings is 1. The highest BCUT2D eigenvalue weighted by Crippen LogP contribution is 2.50. The summed E-state index contributed by atoms with van der Waals surface area (Å²) in [5.41, 5.74) is 0.928. The van der Waals surface area contributed by atoms with Crippen molar-refractivity contribution in [2.24, 2.45) is 39.6 Å². The van der Waals surface area contributed by atoms with Crippen LogP contribution in [0, 0.1) is 36.5 Å². The van der Waals surface area contributed by atoms with Crippen LogP contribution in [0.15, 0.2) is 70.7 Å². The van der Waals surface area contributed by atoms with Gasteiger partial charge in [0.1, 0.15) is 28.6 Å². The van der Waals surface area contributed by atoms with Crippen molar-refractivity contribution in [3.05, 3.63) is 82.5 Å². The zero-order valence-corrected chi connectivity index (χ0v) is 39.7. The lowest BCUT2D eigenvalue weighted by Gasteiger charge is -2.38. The quantitative estimate of drug-likeness (QED) is 0.158. The molecule has 0 saturated carbocycles. The molecule has 1 aromatic heterocycles. The minimum atomic E-state index is -1.31. The number of rotatable bonds is 5. The number of nitrogens with zero attached hydrogens (tertiary/aromatic N) is 4. The molecule has 2 aromatic carbocycles. The number of carbonyl (C=O) groups is 2. The summed E-state index contributed by atoms with van der Waals surface area (Å²) in [5.74, 6) is -3.99. The number of aromatic hydroxyl groups is 2. The van der Waals surface area contributed by atoms with Gasteiger partial charge in [-0.1, -0.05) is 59.8 Å². The van der Waals surface area contributed by atoms with Gasteiger partial charge >= 0.3 is 6.09 Å². The molecule has 8 rings (SSSR count). The molecule has 0 aliphatic carbocycles. The summed E-state index contributed by atoms with van der Waals surface area (Å²) in [6, 6.07) is 3.35. The number of carbonyl (C=O) groups excluding carboxylic acids is 2. The average molecular weight is 911 g/mol. The van der Waals surface area contributed by atoms with Crippen molar-refractivity contribution in [2.75, 3.05) is 37.4 Å². The molecule has 5 bridgehead atoms. The maximum absolute atomic E-state index is 14.0. The average Bonchev–Trinajstić information content (AvgIpc) is 3.84. The molecule has 0 unspecified atom stereocenters. The lowest BCUT2D eigenvalue weighted by atomic mass is 9.78. The lowest BCUT2D eigenvalue weighted by Crippen LogP contribution is -2.47. The summed E-state index contributed by atoms with van der Waals surface area (Å²) < 4.78 is 25.0. The first kappa shape index (κ1) is 48.4. The largest absolute Gasteiger partial charge is 0.507 e. The van der Waals surface area contributed by atoms with Crippen LogP contribution in [0.3, 0.4) is 0 Å². The molecule has 5 aliphatic heterocycles. The predicted octanol–water partition coefficient (Wildman–Crippen LogP) is 6.19. The van der Waals surface area contributed by atoms with Crippen molar-refractivity contribution in [1.29, 1.82) is 0 Å². The Balaban J connectivity index is 1.33. The summed E-state index contributed by atoms with van der Waals surface area (Å²) >= 11 is 0. The van der Waals surface area contributed by atoms with E-state index < -0.39 is 71.5 Å². The van der Waals surface area contributed by atoms with E-state index in [1.807, 2.05) is 6.92 Å². The Hall–Kier alpha value is -5.55. The van der Waals surface area contributed by atoms with Crippen LogP contribution < -0.4 is 26.1 Å². The molecule has 5 aliphatic rings. The van der Waals surface area contributed by atoms with Crippen LogP contribution in [0.4, 0.5) is 16.2 Å². The molecule has 16 heteroatoms. The summed E-state index contributed by atoms with van der Waals surface area (Å²) in [5, 5.41) is 54.5. The van der Waals surface area contributed by atoms with Crippen LogP contribution in [-0.4, -0.2) is 105 Å². The second-order valence-electron chi connectivity index (χ2n) is 19.3. The van der Waals surface area contributed by atoms with Gasteiger partial charge in [0.15, 0.2) is 11.4 Å². The highest BCUT2D eigenvalue weighted by Gasteiger charge is 2.44. The summed E-state index contributed by atoms with van der Waals surface area (Å²) in [4.78, 5) is 44.4. The zero-order valence-electron chi connectivity index (χ0n) is 39.7. The fourth-order valence-electron chi connectivity index (χ4n) is 9.87. The van der Waals surface area contributed by atoms with E-state index in [2.05, 4.69) is 34.4 Å². The number of amides is 2. The van der Waals surface area contributed by atoms with Gasteiger partial charge in [0.25, 0.3) is 11.7 Å². The minimum Gasteiger partial charge on any atom is -0.507 e. The number of piperidine rings is 1. The van der Waals surface area contributed by atoms with Gasteiger partial charge in [0.2, 0.25) is 0 Å². The molecule has 1 saturated heterocycles. The molecule has 3 aromatic rings. The number of fused-ring (bicyclic) bond motifs is 13. The Morgan fingerprint density at radius 1 is 1.00 bits per heavy atom. The third-order valence-corrected chi connectivity index (χ3v) is 13.7. The molecular formula is C50H66N6O10. The molecule has 1 fully saturated rings. The van der Waals surface area contributed by atoms with E-state index in [1.54, 1.807) is 84.2 Å². The first-order valence-corrected chi connectivity index (χ1v) is 23.0. The SMILES string of the molecule is CO[C@H]1/C=C/O[C@]2(C)Cc3c(c(C)c(O)c4c(O)c(c5c(c34)=NC3(CCN(CC(C)C)CC3)N=5)NC(=O)/C(C)=C\C=C\[C@H](C)[C@H](O)[C@@H](C)[C@@H](O)[C@@H](C)[C@H](OC(=O)Nc3cccnc3)[C@@H]1C)O2. The van der Waals surface area contributed by atoms with E-state index in [1.165, 1.54) is 19.6 Å². The number of phenols is 2. The first-order valence-electron chi connectivity index (χ1n) is 23.0. The number of likely N-dealkylation sites (tertiary alicyclic amines) is 1. The standard InChI is InChI=1S/C50H66N6O10/c1-26(2)25-56-20-17-50(18-21-56)54-38-36-34-23-49(9)64-22-16-35(63-10)29(5)45(65-48(62)52-33-15-12-19-51-24-33)31(7)42(58)30(6)41(57)27(3)13-11-14-28(4)47(61)53-40(39(38)55-50)44(60)37(36)43(59)32(8)46(34)66-49/h11-16,19,22,24,26-27,29-31,35,41-42,45,57-60H,17-18,20-21,23,25H2,1-10H3,(H,52,62)(H,53,61)/b13-11+,22-16+,28-14-/t27-,29+,30+,31+,35-,41-,42+,45+,49-/m0/s1. The normalized spacial score (nSPS) is 30.9. The third kappa shape index (κ3) is 9.64. The highest BCUT2D eigenvalue weighted by atomic mass is 16.7. The van der Waals surface area contributed by atoms with E-state index in [0.717, 1.165) is 19.6 Å². The number of hydrogen-bond donors (Lipinski definition) is 6. The van der Waals surface area contributed by atoms with Crippen molar-refractivity contribution >= 4 is 34.1 Å². The Labute approximate surface area is 386 Å². The molecule has 16 nitrogen and oxygen atoms in total. The first-order chi connectivity index (χ1) is 31.3. The Morgan fingerprint density at radius 3 is 2.38 bits per heavy atom. The van der Waals surface area contributed by atoms with Gasteiger partial charge in [-0.25, -0.2) is 4.79 Å². The number of ether oxygens (including phenoxy) is 4. The van der Waals surface area contributed by atoms with Crippen molar-refractivity contribution in [3.8, 4) is 17.2 Å². The molecule has 356 valence electrons. The van der Waals surface area contributed by atoms with Crippen LogP contribution in [0.2, 0.25) is 0 Å². The number of aromatic nitrogens is 1. The van der Waals surface area contributed by atoms with E-state index in [9.17, 15) is 30.0 Å². The smallest absolute Gasteiger partial charge is 0.411 e. The molecule has 2 amide bonds. The Bertz CT molecular complexity index is 2540. The van der Waals surface area contributed by atoms with Crippen molar-refractivity contribution < 1.29 is 49.0 Å². The van der Waals surface area contributed by atoms with Crippen LogP contribution in [0.5, 0.6) is 17.2 Å². The molecule has 6 N–H and O–H groups in total. The highest BCUT2D eigenvalue weighted by molar-refractivity contribution is 6.08. The van der Waals surface area contributed by atoms with Gasteiger partial charge in [-0.05, 0) is 38.0 Å². The fourth-order valence-corrected chi connectivity index (χ4v) is 9.87. The van der Waals surface area contributed by atoms with Crippen LogP contribution >= 0.6 is 0 Å². The number of phenolic OH excluding ortho intramolecular Hbond substituents is 2. The molecule has 66 heavy (non-hydrogen) atoms. The number of anilines is 2. The van der Waals surface area contributed by atoms with Crippen LogP contribution in [-0.2, 0) is 25.4 Å². The molecular weight excluding hydrogens is 845 g/mol. The van der Waals surface area contributed by atoms with E-state index in [-0.39, 0.29) is 29.0 Å². The van der Waals surface area contributed by atoms with Gasteiger partial charge < -0.3 is 49.6 Å². The monoisotopic (exact) mass is 910 g/mol. The number of aliphatic hydroxyl groups excluding tert-OH is 2. The molecule has 0 radical (unpaired) electrons. The van der Waals surface area contributed by atoms with E-state index in [0.29, 0.717) is 63.0 Å². The maximum atomic E-state index is 14.0. The second kappa shape index (κ2) is 19.4. The van der Waals surface area contributed by atoms with E-state index >= 15 is 0 Å². The lowest BCUT2D eigenvalue weighted by molar-refractivity contribution is -0.115. The number of methoxy groups -OCH3 is 1. The van der Waals surface area contributed by atoms with Crippen LogP contribution in [0.25, 0.3) is 10.8 Å². The van der Waals surface area contributed by atoms with Gasteiger partial charge in [-0.2, -0.15) is 0 Å². The van der Waals surface area contributed by atoms with Crippen LogP contribution in [0.1, 0.15) is 79.4 Å². The zero-order chi connectivity index (χ0) is 47.8. The summed E-state index contributed by atoms with van der Waals surface area (Å²) in [7, 11) is 1.52. The third-order valence-electron chi connectivity index (χ3n) is 13.7. The Kier molecular flexibility index (Phi) is 14.2. The maximum Gasteiger partial charge on any atom is 0.411 e. The molecule has 1 spiro atoms. The van der Waals surface area contributed by atoms with Crippen molar-refractivity contribution in [1.82, 2.24) is 9.88 Å². The number of allylic oxidation sites excluding steroid dienone is 2. The fraction of sp³-hybridized carbons (Fsp3) is 0.540. The van der Waals surface area contributed by atoms with Gasteiger partial charge in [-0.3, -0.25) is 25.1 Å². The number of aliphatic hydroxyl groups is 2. The number of nitrogens with one attached hydrogen (secondary N) is 2. The Morgan fingerprint density at radius 2 is 1.71 bits per heavy atom. The number of hydrogen-bond acceptors (Lipinski definition) is 14. The van der Waals surface area contributed by atoms with Gasteiger partial charge in [0.05, 0.1) is 53.6 Å². The predicted molar refractivity (Wildman–Crippen MR) is 250 cm³/mol.